The summed E-state index contributed by atoms with van der Waals surface area (Å²) in [6, 6.07) is 14.9. The van der Waals surface area contributed by atoms with Gasteiger partial charge >= 0.3 is 5.97 Å². The quantitative estimate of drug-likeness (QED) is 0.111. The molecular weight excluding hydrogens is 643 g/mol. The number of nitrogens with zero attached hydrogens (tertiary/aromatic N) is 1. The summed E-state index contributed by atoms with van der Waals surface area (Å²) >= 11 is 12.8. The van der Waals surface area contributed by atoms with Gasteiger partial charge < -0.3 is 19.3 Å². The Morgan fingerprint density at radius 3 is 2.39 bits per heavy atom. The lowest BCUT2D eigenvalue weighted by Crippen LogP contribution is -2.53. The van der Waals surface area contributed by atoms with E-state index in [1.165, 1.54) is 12.1 Å². The third kappa shape index (κ3) is 8.73. The number of halogens is 4. The molecule has 0 unspecified atom stereocenters. The summed E-state index contributed by atoms with van der Waals surface area (Å²) in [5, 5.41) is 9.56. The number of aliphatic hydroxyl groups excluding tert-OH is 1. The van der Waals surface area contributed by atoms with E-state index in [1.807, 2.05) is 0 Å². The first-order chi connectivity index (χ1) is 21.8. The fraction of sp³-hybridized carbons (Fsp3) is 0.364. The van der Waals surface area contributed by atoms with E-state index < -0.39 is 40.8 Å². The van der Waals surface area contributed by atoms with Gasteiger partial charge in [-0.2, -0.15) is 0 Å². The average Bonchev–Trinajstić information content (AvgIpc) is 3.38. The Kier molecular flexibility index (Phi) is 11.6. The van der Waals surface area contributed by atoms with Gasteiger partial charge in [-0.1, -0.05) is 35.3 Å². The number of hydrazine groups is 1. The molecule has 9 nitrogen and oxygen atoms in total. The van der Waals surface area contributed by atoms with Crippen LogP contribution in [0.25, 0.3) is 0 Å². The third-order valence-corrected chi connectivity index (χ3v) is 7.50. The lowest BCUT2D eigenvalue weighted by atomic mass is 9.83. The minimum Gasteiger partial charge on any atom is -0.494 e. The van der Waals surface area contributed by atoms with Crippen LogP contribution in [0.1, 0.15) is 62.8 Å². The first-order valence-corrected chi connectivity index (χ1v) is 15.3. The zero-order valence-corrected chi connectivity index (χ0v) is 27.1. The Morgan fingerprint density at radius 2 is 1.76 bits per heavy atom. The molecular formula is C33H35Cl2F2N3O6. The van der Waals surface area contributed by atoms with Crippen molar-refractivity contribution >= 4 is 41.0 Å². The number of carbonyl (C=O) groups excluding carboxylic acids is 2. The fourth-order valence-corrected chi connectivity index (χ4v) is 5.28. The number of benzene rings is 3. The lowest BCUT2D eigenvalue weighted by Gasteiger charge is -2.31. The van der Waals surface area contributed by atoms with Crippen LogP contribution in [0.5, 0.6) is 5.75 Å². The molecule has 46 heavy (non-hydrogen) atoms. The van der Waals surface area contributed by atoms with Crippen molar-refractivity contribution in [2.24, 2.45) is 4.99 Å². The van der Waals surface area contributed by atoms with Gasteiger partial charge in [0.2, 0.25) is 5.90 Å². The Labute approximate surface area is 275 Å². The monoisotopic (exact) mass is 677 g/mol. The standard InChI is InChI=1S/C33H35Cl2F2N3O6/c1-32(2,3)46-28(42)14-15-33(31(43)40-38-19-24-26(36)6-4-7-27(24)37)29(23-13-10-21(34)18-25(23)35)45-30(39-33)20-8-11-22(12-9-20)44-17-5-16-41/h4,6-13,18,29,38,41H,5,14-17,19H2,1-3H3,(H,40,43)/t29-,33-/m0/s1. The van der Waals surface area contributed by atoms with Crippen molar-refractivity contribution in [1.82, 2.24) is 10.9 Å². The largest absolute Gasteiger partial charge is 0.494 e. The van der Waals surface area contributed by atoms with Crippen LogP contribution in [0.2, 0.25) is 10.0 Å². The molecule has 1 amide bonds. The molecule has 0 saturated heterocycles. The number of esters is 1. The first-order valence-electron chi connectivity index (χ1n) is 14.6. The van der Waals surface area contributed by atoms with Gasteiger partial charge in [-0.25, -0.2) is 19.2 Å². The number of ether oxygens (including phenoxy) is 3. The Bertz CT molecular complexity index is 1560. The number of rotatable bonds is 13. The Balaban J connectivity index is 1.72. The van der Waals surface area contributed by atoms with Crippen LogP contribution < -0.4 is 15.6 Å². The van der Waals surface area contributed by atoms with Gasteiger partial charge in [0.1, 0.15) is 23.0 Å². The van der Waals surface area contributed by atoms with Crippen LogP contribution in [0, 0.1) is 11.6 Å². The number of hydrogen-bond donors (Lipinski definition) is 3. The van der Waals surface area contributed by atoms with Crippen LogP contribution in [-0.4, -0.2) is 47.2 Å². The van der Waals surface area contributed by atoms with Gasteiger partial charge in [-0.15, -0.1) is 0 Å². The van der Waals surface area contributed by atoms with E-state index in [4.69, 9.17) is 47.5 Å². The number of nitrogens with one attached hydrogen (secondary N) is 2. The second-order valence-corrected chi connectivity index (χ2v) is 12.4. The normalized spacial score (nSPS) is 17.7. The number of carbonyl (C=O) groups is 2. The second-order valence-electron chi connectivity index (χ2n) is 11.5. The first kappa shape index (κ1) is 35.1. The van der Waals surface area contributed by atoms with E-state index in [0.29, 0.717) is 34.9 Å². The summed E-state index contributed by atoms with van der Waals surface area (Å²) in [5.41, 5.74) is 3.09. The molecule has 3 N–H and O–H groups in total. The molecule has 0 aliphatic carbocycles. The van der Waals surface area contributed by atoms with Gasteiger partial charge in [0.05, 0.1) is 6.61 Å². The minimum absolute atomic E-state index is 0.00506. The van der Waals surface area contributed by atoms with Crippen molar-refractivity contribution in [3.8, 4) is 5.75 Å². The Morgan fingerprint density at radius 1 is 1.07 bits per heavy atom. The van der Waals surface area contributed by atoms with Gasteiger partial charge in [-0.05, 0) is 75.7 Å². The summed E-state index contributed by atoms with van der Waals surface area (Å²) in [5.74, 6) is -2.28. The van der Waals surface area contributed by atoms with Crippen LogP contribution in [0.4, 0.5) is 8.78 Å². The summed E-state index contributed by atoms with van der Waals surface area (Å²) in [6.07, 6.45) is -1.10. The van der Waals surface area contributed by atoms with Crippen molar-refractivity contribution in [1.29, 1.82) is 0 Å². The van der Waals surface area contributed by atoms with Crippen molar-refractivity contribution in [2.45, 2.75) is 63.8 Å². The highest BCUT2D eigenvalue weighted by atomic mass is 35.5. The molecule has 0 radical (unpaired) electrons. The topological polar surface area (TPSA) is 118 Å². The third-order valence-electron chi connectivity index (χ3n) is 6.93. The van der Waals surface area contributed by atoms with E-state index >= 15 is 0 Å². The SMILES string of the molecule is CC(C)(C)OC(=O)CC[C@]1(C(=O)NNCc2c(F)cccc2F)N=C(c2ccc(OCCCO)cc2)O[C@H]1c1ccc(Cl)cc1Cl. The van der Waals surface area contributed by atoms with E-state index in [9.17, 15) is 18.4 Å². The molecule has 2 atom stereocenters. The molecule has 0 fully saturated rings. The summed E-state index contributed by atoms with van der Waals surface area (Å²) in [4.78, 5) is 31.8. The molecule has 0 bridgehead atoms. The second kappa shape index (κ2) is 15.2. The fourth-order valence-electron chi connectivity index (χ4n) is 4.77. The summed E-state index contributed by atoms with van der Waals surface area (Å²) in [6.45, 7) is 5.11. The van der Waals surface area contributed by atoms with Gasteiger partial charge in [0.25, 0.3) is 5.91 Å². The van der Waals surface area contributed by atoms with E-state index in [1.54, 1.807) is 57.2 Å². The predicted molar refractivity (Wildman–Crippen MR) is 170 cm³/mol. The minimum atomic E-state index is -1.80. The molecule has 0 spiro atoms. The molecule has 4 rings (SSSR count). The van der Waals surface area contributed by atoms with Gasteiger partial charge in [0, 0.05) is 52.7 Å². The van der Waals surface area contributed by atoms with Crippen LogP contribution in [0.15, 0.2) is 65.7 Å². The van der Waals surface area contributed by atoms with Gasteiger partial charge in [-0.3, -0.25) is 15.0 Å². The van der Waals surface area contributed by atoms with E-state index in [2.05, 4.69) is 10.9 Å². The molecule has 3 aromatic rings. The van der Waals surface area contributed by atoms with Crippen molar-refractivity contribution < 1.29 is 37.7 Å². The number of aliphatic imine (C=N–C) groups is 1. The van der Waals surface area contributed by atoms with Crippen LogP contribution in [0.3, 0.4) is 0 Å². The number of aliphatic hydroxyl groups is 1. The number of hydrogen-bond acceptors (Lipinski definition) is 8. The summed E-state index contributed by atoms with van der Waals surface area (Å²) in [7, 11) is 0. The molecule has 1 heterocycles. The molecule has 246 valence electrons. The summed E-state index contributed by atoms with van der Waals surface area (Å²) < 4.78 is 46.0. The molecule has 13 heteroatoms. The molecule has 1 aliphatic heterocycles. The maximum absolute atomic E-state index is 14.3. The average molecular weight is 679 g/mol. The number of amides is 1. The lowest BCUT2D eigenvalue weighted by molar-refractivity contribution is -0.155. The van der Waals surface area contributed by atoms with E-state index in [-0.39, 0.29) is 42.5 Å². The predicted octanol–water partition coefficient (Wildman–Crippen LogP) is 6.23. The maximum Gasteiger partial charge on any atom is 0.306 e. The van der Waals surface area contributed by atoms with Crippen molar-refractivity contribution in [3.05, 3.63) is 99.0 Å². The smallest absolute Gasteiger partial charge is 0.306 e. The Hall–Kier alpha value is -3.77. The van der Waals surface area contributed by atoms with Crippen molar-refractivity contribution in [3.63, 3.8) is 0 Å². The highest BCUT2D eigenvalue weighted by Gasteiger charge is 2.54. The van der Waals surface area contributed by atoms with Crippen LogP contribution >= 0.6 is 23.2 Å². The highest BCUT2D eigenvalue weighted by Crippen LogP contribution is 2.45. The molecule has 0 aromatic heterocycles. The maximum atomic E-state index is 14.3. The molecule has 0 saturated carbocycles. The zero-order chi connectivity index (χ0) is 33.5. The molecule has 1 aliphatic rings. The van der Waals surface area contributed by atoms with Crippen molar-refractivity contribution in [2.75, 3.05) is 13.2 Å². The van der Waals surface area contributed by atoms with E-state index in [0.717, 1.165) is 12.1 Å². The van der Waals surface area contributed by atoms with Gasteiger partial charge in [0.15, 0.2) is 11.6 Å². The molecule has 3 aromatic carbocycles. The zero-order valence-electron chi connectivity index (χ0n) is 25.5. The highest BCUT2D eigenvalue weighted by molar-refractivity contribution is 6.35. The van der Waals surface area contributed by atoms with Crippen LogP contribution in [-0.2, 0) is 25.6 Å².